The lowest BCUT2D eigenvalue weighted by Crippen LogP contribution is -2.45. The molecule has 0 aliphatic carbocycles. The molecular weight excluding hydrogens is 278 g/mol. The molecule has 1 aromatic carbocycles. The fourth-order valence-electron chi connectivity index (χ4n) is 2.68. The lowest BCUT2D eigenvalue weighted by Gasteiger charge is -2.35. The van der Waals surface area contributed by atoms with Crippen molar-refractivity contribution in [1.82, 2.24) is 4.90 Å². The summed E-state index contributed by atoms with van der Waals surface area (Å²) in [5.41, 5.74) is 1.31. The van der Waals surface area contributed by atoms with Crippen molar-refractivity contribution in [1.29, 1.82) is 0 Å². The molecule has 1 heterocycles. The Morgan fingerprint density at radius 2 is 2.15 bits per heavy atom. The number of carboxylic acids is 1. The number of hydrogen-bond donors (Lipinski definition) is 1. The Labute approximate surface area is 123 Å². The van der Waals surface area contributed by atoms with Crippen LogP contribution in [0.5, 0.6) is 0 Å². The summed E-state index contributed by atoms with van der Waals surface area (Å²) in [6.45, 7) is 2.43. The van der Waals surface area contributed by atoms with E-state index in [2.05, 4.69) is 0 Å². The molecule has 1 unspecified atom stereocenters. The van der Waals surface area contributed by atoms with Gasteiger partial charge in [-0.25, -0.2) is 0 Å². The van der Waals surface area contributed by atoms with Crippen molar-refractivity contribution in [3.05, 3.63) is 34.3 Å². The zero-order chi connectivity index (χ0) is 14.7. The van der Waals surface area contributed by atoms with Crippen LogP contribution in [0.15, 0.2) is 18.2 Å². The van der Waals surface area contributed by atoms with Gasteiger partial charge in [-0.15, -0.1) is 0 Å². The highest BCUT2D eigenvalue weighted by atomic mass is 35.5. The van der Waals surface area contributed by atoms with Crippen molar-refractivity contribution in [2.75, 3.05) is 6.54 Å². The van der Waals surface area contributed by atoms with Crippen LogP contribution in [0.1, 0.15) is 41.6 Å². The number of hydrogen-bond acceptors (Lipinski definition) is 2. The average molecular weight is 296 g/mol. The zero-order valence-corrected chi connectivity index (χ0v) is 12.2. The second-order valence-electron chi connectivity index (χ2n) is 5.16. The Morgan fingerprint density at radius 1 is 1.40 bits per heavy atom. The number of piperidine rings is 1. The highest BCUT2D eigenvalue weighted by Gasteiger charge is 2.29. The van der Waals surface area contributed by atoms with Crippen LogP contribution in [-0.4, -0.2) is 34.5 Å². The topological polar surface area (TPSA) is 57.6 Å². The lowest BCUT2D eigenvalue weighted by atomic mass is 9.97. The number of nitrogens with zero attached hydrogens (tertiary/aromatic N) is 1. The van der Waals surface area contributed by atoms with Gasteiger partial charge >= 0.3 is 5.97 Å². The smallest absolute Gasteiger partial charge is 0.305 e. The number of aliphatic carboxylic acids is 1. The molecule has 5 heteroatoms. The Morgan fingerprint density at radius 3 is 2.85 bits per heavy atom. The Balaban J connectivity index is 2.25. The molecule has 0 saturated carbocycles. The van der Waals surface area contributed by atoms with E-state index in [4.69, 9.17) is 16.7 Å². The van der Waals surface area contributed by atoms with Crippen molar-refractivity contribution in [3.63, 3.8) is 0 Å². The van der Waals surface area contributed by atoms with E-state index < -0.39 is 5.97 Å². The first-order valence-electron chi connectivity index (χ1n) is 6.78. The van der Waals surface area contributed by atoms with E-state index in [9.17, 15) is 9.59 Å². The summed E-state index contributed by atoms with van der Waals surface area (Å²) in [5, 5.41) is 9.53. The number of carbonyl (C=O) groups is 2. The van der Waals surface area contributed by atoms with E-state index in [1.54, 1.807) is 23.1 Å². The fraction of sp³-hybridized carbons (Fsp3) is 0.467. The molecule has 0 spiro atoms. The summed E-state index contributed by atoms with van der Waals surface area (Å²) < 4.78 is 0. The SMILES string of the molecule is Cc1c(Cl)cccc1C(=O)N1CCCCC1CC(=O)O. The van der Waals surface area contributed by atoms with Crippen molar-refractivity contribution in [3.8, 4) is 0 Å². The third-order valence-corrected chi connectivity index (χ3v) is 4.21. The molecule has 0 bridgehead atoms. The first kappa shape index (κ1) is 14.9. The average Bonchev–Trinajstić information content (AvgIpc) is 2.41. The van der Waals surface area contributed by atoms with Crippen LogP contribution in [0.3, 0.4) is 0 Å². The zero-order valence-electron chi connectivity index (χ0n) is 11.4. The van der Waals surface area contributed by atoms with E-state index >= 15 is 0 Å². The Bertz CT molecular complexity index is 530. The molecule has 1 saturated heterocycles. The molecule has 2 rings (SSSR count). The van der Waals surface area contributed by atoms with Gasteiger partial charge in [0.25, 0.3) is 5.91 Å². The minimum absolute atomic E-state index is 0.00531. The predicted molar refractivity (Wildman–Crippen MR) is 77.1 cm³/mol. The summed E-state index contributed by atoms with van der Waals surface area (Å²) in [6, 6.07) is 5.03. The summed E-state index contributed by atoms with van der Waals surface area (Å²) in [7, 11) is 0. The Kier molecular flexibility index (Phi) is 4.65. The number of carboxylic acid groups (broad SMARTS) is 1. The highest BCUT2D eigenvalue weighted by Crippen LogP contribution is 2.25. The van der Waals surface area contributed by atoms with Crippen LogP contribution >= 0.6 is 11.6 Å². The van der Waals surface area contributed by atoms with Gasteiger partial charge < -0.3 is 10.0 Å². The van der Waals surface area contributed by atoms with Crippen LogP contribution in [-0.2, 0) is 4.79 Å². The number of rotatable bonds is 3. The van der Waals surface area contributed by atoms with Gasteiger partial charge in [0.1, 0.15) is 0 Å². The molecule has 20 heavy (non-hydrogen) atoms. The van der Waals surface area contributed by atoms with E-state index in [0.717, 1.165) is 24.8 Å². The normalized spacial score (nSPS) is 18.9. The van der Waals surface area contributed by atoms with Gasteiger partial charge in [0.2, 0.25) is 0 Å². The molecule has 4 nitrogen and oxygen atoms in total. The number of carbonyl (C=O) groups excluding carboxylic acids is 1. The highest BCUT2D eigenvalue weighted by molar-refractivity contribution is 6.31. The fourth-order valence-corrected chi connectivity index (χ4v) is 2.85. The number of benzene rings is 1. The van der Waals surface area contributed by atoms with Crippen LogP contribution in [0.4, 0.5) is 0 Å². The quantitative estimate of drug-likeness (QED) is 0.932. The van der Waals surface area contributed by atoms with Gasteiger partial charge in [-0.3, -0.25) is 9.59 Å². The van der Waals surface area contributed by atoms with Gasteiger partial charge in [-0.2, -0.15) is 0 Å². The van der Waals surface area contributed by atoms with Gasteiger partial charge in [0.05, 0.1) is 6.42 Å². The molecule has 0 radical (unpaired) electrons. The van der Waals surface area contributed by atoms with Crippen molar-refractivity contribution >= 4 is 23.5 Å². The third kappa shape index (κ3) is 3.12. The van der Waals surface area contributed by atoms with E-state index in [1.165, 1.54) is 0 Å². The van der Waals surface area contributed by atoms with Gasteiger partial charge in [-0.05, 0) is 43.9 Å². The maximum Gasteiger partial charge on any atom is 0.305 e. The standard InChI is InChI=1S/C15H18ClNO3/c1-10-12(6-4-7-13(10)16)15(20)17-8-3-2-5-11(17)9-14(18)19/h4,6-7,11H,2-3,5,8-9H2,1H3,(H,18,19). The van der Waals surface area contributed by atoms with Crippen molar-refractivity contribution in [2.24, 2.45) is 0 Å². The molecule has 1 amide bonds. The van der Waals surface area contributed by atoms with E-state index in [-0.39, 0.29) is 18.4 Å². The minimum atomic E-state index is -0.863. The molecule has 1 atom stereocenters. The van der Waals surface area contributed by atoms with Gasteiger partial charge in [-0.1, -0.05) is 17.7 Å². The minimum Gasteiger partial charge on any atom is -0.481 e. The summed E-state index contributed by atoms with van der Waals surface area (Å²) in [6.07, 6.45) is 2.64. The van der Waals surface area contributed by atoms with Crippen molar-refractivity contribution in [2.45, 2.75) is 38.6 Å². The monoisotopic (exact) mass is 295 g/mol. The molecule has 1 aromatic rings. The molecule has 1 aliphatic rings. The molecule has 1 N–H and O–H groups in total. The molecule has 0 aromatic heterocycles. The van der Waals surface area contributed by atoms with Crippen LogP contribution in [0.2, 0.25) is 5.02 Å². The second kappa shape index (κ2) is 6.27. The van der Waals surface area contributed by atoms with Crippen LogP contribution in [0.25, 0.3) is 0 Å². The number of amides is 1. The van der Waals surface area contributed by atoms with E-state index in [1.807, 2.05) is 6.92 Å². The van der Waals surface area contributed by atoms with E-state index in [0.29, 0.717) is 17.1 Å². The van der Waals surface area contributed by atoms with Crippen LogP contribution < -0.4 is 0 Å². The summed E-state index contributed by atoms with van der Waals surface area (Å²) in [5.74, 6) is -0.978. The Hall–Kier alpha value is -1.55. The lowest BCUT2D eigenvalue weighted by molar-refractivity contribution is -0.138. The molecule has 108 valence electrons. The van der Waals surface area contributed by atoms with Crippen molar-refractivity contribution < 1.29 is 14.7 Å². The first-order chi connectivity index (χ1) is 9.50. The predicted octanol–water partition coefficient (Wildman–Crippen LogP) is 3.12. The summed E-state index contributed by atoms with van der Waals surface area (Å²) in [4.78, 5) is 25.3. The molecule has 1 aliphatic heterocycles. The second-order valence-corrected chi connectivity index (χ2v) is 5.57. The van der Waals surface area contributed by atoms with Gasteiger partial charge in [0, 0.05) is 23.2 Å². The molecular formula is C15H18ClNO3. The maximum atomic E-state index is 12.6. The third-order valence-electron chi connectivity index (χ3n) is 3.80. The maximum absolute atomic E-state index is 12.6. The molecule has 1 fully saturated rings. The largest absolute Gasteiger partial charge is 0.481 e. The summed E-state index contributed by atoms with van der Waals surface area (Å²) >= 11 is 6.05. The van der Waals surface area contributed by atoms with Crippen LogP contribution in [0, 0.1) is 6.92 Å². The first-order valence-corrected chi connectivity index (χ1v) is 7.16. The number of likely N-dealkylation sites (tertiary alicyclic amines) is 1. The number of halogens is 1. The van der Waals surface area contributed by atoms with Gasteiger partial charge in [0.15, 0.2) is 0 Å².